The molecule has 0 spiro atoms. The number of anilines is 2. The van der Waals surface area contributed by atoms with E-state index >= 15 is 0 Å². The molecule has 4 aromatic rings. The molecular weight excluding hydrogens is 483 g/mol. The lowest BCUT2D eigenvalue weighted by atomic mass is 9.79. The maximum absolute atomic E-state index is 13.4. The number of halogens is 3. The zero-order valence-electron chi connectivity index (χ0n) is 20.4. The Bertz CT molecular complexity index is 1630. The van der Waals surface area contributed by atoms with Gasteiger partial charge in [-0.2, -0.15) is 23.4 Å². The molecule has 0 radical (unpaired) electrons. The van der Waals surface area contributed by atoms with Crippen molar-refractivity contribution in [3.8, 4) is 11.8 Å². The van der Waals surface area contributed by atoms with E-state index in [1.807, 2.05) is 24.3 Å². The Balaban J connectivity index is 1.62. The van der Waals surface area contributed by atoms with Crippen molar-refractivity contribution in [1.29, 1.82) is 5.26 Å². The highest BCUT2D eigenvalue weighted by molar-refractivity contribution is 5.77. The maximum atomic E-state index is 13.4. The number of nitrogens with zero attached hydrogens (tertiary/aromatic N) is 5. The van der Waals surface area contributed by atoms with E-state index in [2.05, 4.69) is 34.4 Å². The Morgan fingerprint density at radius 2 is 2.00 bits per heavy atom. The molecule has 2 aromatic carbocycles. The Kier molecular flexibility index (Phi) is 5.79. The van der Waals surface area contributed by atoms with Crippen LogP contribution in [-0.4, -0.2) is 32.1 Å². The van der Waals surface area contributed by atoms with Crippen LogP contribution in [0.1, 0.15) is 36.1 Å². The van der Waals surface area contributed by atoms with Gasteiger partial charge in [-0.15, -0.1) is 0 Å². The Hall–Kier alpha value is -4.17. The van der Waals surface area contributed by atoms with E-state index in [-0.39, 0.29) is 28.1 Å². The summed E-state index contributed by atoms with van der Waals surface area (Å²) >= 11 is 0. The predicted molar refractivity (Wildman–Crippen MR) is 133 cm³/mol. The fourth-order valence-corrected chi connectivity index (χ4v) is 4.78. The molecule has 0 saturated heterocycles. The minimum atomic E-state index is -4.64. The first-order valence-electron chi connectivity index (χ1n) is 11.6. The fourth-order valence-electron chi connectivity index (χ4n) is 4.78. The lowest BCUT2D eigenvalue weighted by Gasteiger charge is -2.33. The lowest BCUT2D eigenvalue weighted by Crippen LogP contribution is -2.38. The normalized spacial score (nSPS) is 14.8. The number of aryl methyl sites for hydroxylation is 1. The summed E-state index contributed by atoms with van der Waals surface area (Å²) in [5.74, 6) is 0.138. The number of nitriles is 1. The van der Waals surface area contributed by atoms with E-state index in [1.165, 1.54) is 23.9 Å². The first-order valence-corrected chi connectivity index (χ1v) is 11.6. The van der Waals surface area contributed by atoms with Crippen molar-refractivity contribution in [3.63, 3.8) is 0 Å². The molecule has 0 bridgehead atoms. The van der Waals surface area contributed by atoms with E-state index in [4.69, 9.17) is 0 Å². The van der Waals surface area contributed by atoms with Gasteiger partial charge in [-0.1, -0.05) is 19.9 Å². The average Bonchev–Trinajstić information content (AvgIpc) is 3.08. The number of hydrogen-bond acceptors (Lipinski definition) is 6. The van der Waals surface area contributed by atoms with Gasteiger partial charge in [-0.05, 0) is 53.9 Å². The van der Waals surface area contributed by atoms with E-state index < -0.39 is 18.3 Å². The molecule has 0 amide bonds. The second-order valence-corrected chi connectivity index (χ2v) is 9.82. The van der Waals surface area contributed by atoms with Crippen LogP contribution in [0.5, 0.6) is 0 Å². The van der Waals surface area contributed by atoms with Crippen molar-refractivity contribution < 1.29 is 13.2 Å². The van der Waals surface area contributed by atoms with Crippen LogP contribution in [0.15, 0.2) is 47.4 Å². The SMILES string of the molecule is Cc1cc(-n2c3nc(Nc4ccc5c(c4)CNCC5(C)C)ncc3c(=O)n2CC(F)(F)F)ccc1C#N. The zero-order valence-corrected chi connectivity index (χ0v) is 20.4. The number of fused-ring (bicyclic) bond motifs is 2. The van der Waals surface area contributed by atoms with Crippen LogP contribution in [-0.2, 0) is 18.5 Å². The quantitative estimate of drug-likeness (QED) is 0.423. The molecule has 5 rings (SSSR count). The molecule has 8 nitrogen and oxygen atoms in total. The number of alkyl halides is 3. The first kappa shape index (κ1) is 24.5. The summed E-state index contributed by atoms with van der Waals surface area (Å²) < 4.78 is 42.0. The van der Waals surface area contributed by atoms with Crippen molar-refractivity contribution in [2.24, 2.45) is 0 Å². The molecule has 190 valence electrons. The van der Waals surface area contributed by atoms with Gasteiger partial charge in [0.25, 0.3) is 5.56 Å². The Morgan fingerprint density at radius 1 is 1.22 bits per heavy atom. The number of aromatic nitrogens is 4. The van der Waals surface area contributed by atoms with E-state index in [0.29, 0.717) is 22.4 Å². The van der Waals surface area contributed by atoms with Crippen molar-refractivity contribution >= 4 is 22.7 Å². The third-order valence-corrected chi connectivity index (χ3v) is 6.55. The van der Waals surface area contributed by atoms with Gasteiger partial charge in [-0.3, -0.25) is 4.79 Å². The van der Waals surface area contributed by atoms with Crippen molar-refractivity contribution in [2.45, 2.75) is 45.5 Å². The summed E-state index contributed by atoms with van der Waals surface area (Å²) in [6.45, 7) is 6.08. The molecule has 11 heteroatoms. The van der Waals surface area contributed by atoms with Gasteiger partial charge in [0.2, 0.25) is 5.95 Å². The molecule has 2 aromatic heterocycles. The van der Waals surface area contributed by atoms with Crippen LogP contribution in [0.2, 0.25) is 0 Å². The van der Waals surface area contributed by atoms with Gasteiger partial charge in [0, 0.05) is 30.4 Å². The summed E-state index contributed by atoms with van der Waals surface area (Å²) in [6, 6.07) is 12.5. The van der Waals surface area contributed by atoms with E-state index in [1.54, 1.807) is 13.0 Å². The second kappa shape index (κ2) is 8.74. The van der Waals surface area contributed by atoms with Crippen LogP contribution in [0, 0.1) is 18.3 Å². The number of benzene rings is 2. The third kappa shape index (κ3) is 4.56. The summed E-state index contributed by atoms with van der Waals surface area (Å²) in [7, 11) is 0. The van der Waals surface area contributed by atoms with Crippen LogP contribution in [0.3, 0.4) is 0 Å². The molecule has 2 N–H and O–H groups in total. The van der Waals surface area contributed by atoms with Crippen LogP contribution < -0.4 is 16.2 Å². The molecule has 0 atom stereocenters. The van der Waals surface area contributed by atoms with Crippen molar-refractivity contribution in [2.75, 3.05) is 11.9 Å². The van der Waals surface area contributed by atoms with Gasteiger partial charge in [-0.25, -0.2) is 14.3 Å². The first-order chi connectivity index (χ1) is 17.5. The summed E-state index contributed by atoms with van der Waals surface area (Å²) in [5, 5.41) is 15.7. The van der Waals surface area contributed by atoms with Gasteiger partial charge < -0.3 is 10.6 Å². The standard InChI is InChI=1S/C26H24F3N7O/c1-15-8-19(6-4-16(15)10-30)36-22-20(23(37)35(36)14-26(27,28)29)12-32-24(34-22)33-18-5-7-21-17(9-18)11-31-13-25(21,2)3/h4-9,12,31H,11,13-14H2,1-3H3,(H,32,33,34). The largest absolute Gasteiger partial charge is 0.408 e. The summed E-state index contributed by atoms with van der Waals surface area (Å²) in [5.41, 5.74) is 3.46. The molecule has 0 fully saturated rings. The highest BCUT2D eigenvalue weighted by Gasteiger charge is 2.32. The highest BCUT2D eigenvalue weighted by atomic mass is 19.4. The molecule has 1 aliphatic rings. The monoisotopic (exact) mass is 507 g/mol. The minimum Gasteiger partial charge on any atom is -0.324 e. The van der Waals surface area contributed by atoms with Gasteiger partial charge in [0.1, 0.15) is 11.9 Å². The summed E-state index contributed by atoms with van der Waals surface area (Å²) in [6.07, 6.45) is -3.41. The lowest BCUT2D eigenvalue weighted by molar-refractivity contribution is -0.144. The van der Waals surface area contributed by atoms with E-state index in [0.717, 1.165) is 22.5 Å². The zero-order chi connectivity index (χ0) is 26.5. The smallest absolute Gasteiger partial charge is 0.324 e. The third-order valence-electron chi connectivity index (χ3n) is 6.55. The molecular formula is C26H24F3N7O. The van der Waals surface area contributed by atoms with Crippen LogP contribution >= 0.6 is 0 Å². The van der Waals surface area contributed by atoms with Crippen LogP contribution in [0.4, 0.5) is 24.8 Å². The minimum absolute atomic E-state index is 0.0157. The van der Waals surface area contributed by atoms with Gasteiger partial charge >= 0.3 is 6.18 Å². The van der Waals surface area contributed by atoms with Crippen molar-refractivity contribution in [1.82, 2.24) is 24.6 Å². The molecule has 0 aliphatic carbocycles. The molecule has 3 heterocycles. The predicted octanol–water partition coefficient (Wildman–Crippen LogP) is 4.45. The molecule has 1 aliphatic heterocycles. The Morgan fingerprint density at radius 3 is 2.70 bits per heavy atom. The summed E-state index contributed by atoms with van der Waals surface area (Å²) in [4.78, 5) is 21.6. The molecule has 37 heavy (non-hydrogen) atoms. The Labute approximate surface area is 210 Å². The van der Waals surface area contributed by atoms with Crippen LogP contribution in [0.25, 0.3) is 16.7 Å². The van der Waals surface area contributed by atoms with Crippen molar-refractivity contribution in [3.05, 3.63) is 75.2 Å². The van der Waals surface area contributed by atoms with Gasteiger partial charge in [0.05, 0.1) is 17.3 Å². The maximum Gasteiger partial charge on any atom is 0.408 e. The average molecular weight is 508 g/mol. The second-order valence-electron chi connectivity index (χ2n) is 9.82. The molecule has 0 unspecified atom stereocenters. The van der Waals surface area contributed by atoms with E-state index in [9.17, 15) is 23.2 Å². The topological polar surface area (TPSA) is 101 Å². The number of nitrogens with one attached hydrogen (secondary N) is 2. The fraction of sp³-hybridized carbons (Fsp3) is 0.308. The highest BCUT2D eigenvalue weighted by Crippen LogP contribution is 2.32. The molecule has 0 saturated carbocycles. The number of rotatable bonds is 4. The van der Waals surface area contributed by atoms with Gasteiger partial charge in [0.15, 0.2) is 5.65 Å². The number of hydrogen-bond donors (Lipinski definition) is 2.